The molecule has 0 bridgehead atoms. The van der Waals surface area contributed by atoms with Crippen molar-refractivity contribution in [3.8, 4) is 39.4 Å². The molecule has 1 aromatic carbocycles. The summed E-state index contributed by atoms with van der Waals surface area (Å²) in [5.41, 5.74) is 6.46. The minimum atomic E-state index is -0.364. The van der Waals surface area contributed by atoms with Crippen LogP contribution >= 0.6 is 0 Å². The van der Waals surface area contributed by atoms with Gasteiger partial charge >= 0.3 is 0 Å². The first-order chi connectivity index (χ1) is 18.0. The van der Waals surface area contributed by atoms with E-state index < -0.39 is 0 Å². The van der Waals surface area contributed by atoms with Crippen molar-refractivity contribution in [2.24, 2.45) is 0 Å². The maximum atomic E-state index is 14.5. The summed E-state index contributed by atoms with van der Waals surface area (Å²) in [7, 11) is 3.93. The second-order valence-corrected chi connectivity index (χ2v) is 9.09. The van der Waals surface area contributed by atoms with Crippen LogP contribution in [0.4, 0.5) is 4.39 Å². The monoisotopic (exact) mass is 493 g/mol. The van der Waals surface area contributed by atoms with Gasteiger partial charge in [0.25, 0.3) is 0 Å². The number of likely N-dealkylation sites (N-methyl/N-ethyl adjacent to an activating group) is 1. The van der Waals surface area contributed by atoms with Gasteiger partial charge in [0.15, 0.2) is 5.65 Å². The van der Waals surface area contributed by atoms with Crippen LogP contribution < -0.4 is 4.74 Å². The van der Waals surface area contributed by atoms with E-state index in [2.05, 4.69) is 30.1 Å². The third-order valence-corrected chi connectivity index (χ3v) is 6.20. The number of rotatable bonds is 7. The van der Waals surface area contributed by atoms with Gasteiger partial charge in [0, 0.05) is 64.9 Å². The molecule has 0 radical (unpaired) electrons. The smallest absolute Gasteiger partial charge is 0.155 e. The fraction of sp³-hybridized carbons (Fsp3) is 0.143. The van der Waals surface area contributed by atoms with Crippen LogP contribution in [0.3, 0.4) is 0 Å². The SMILES string of the molecule is CN(C)CCOc1cc(F)cc(-c2cncc3[nH]c(-c4n[nH]c5ncc(-c6cccnc6)cc45)cc23)c1. The molecule has 0 aliphatic rings. The quantitative estimate of drug-likeness (QED) is 0.313. The van der Waals surface area contributed by atoms with Crippen molar-refractivity contribution in [2.75, 3.05) is 27.2 Å². The Morgan fingerprint density at radius 1 is 0.919 bits per heavy atom. The maximum absolute atomic E-state index is 14.5. The lowest BCUT2D eigenvalue weighted by atomic mass is 10.0. The predicted molar refractivity (Wildman–Crippen MR) is 142 cm³/mol. The van der Waals surface area contributed by atoms with Gasteiger partial charge < -0.3 is 14.6 Å². The van der Waals surface area contributed by atoms with Crippen molar-refractivity contribution in [1.82, 2.24) is 35.0 Å². The predicted octanol–water partition coefficient (Wildman–Crippen LogP) is 5.31. The number of aromatic nitrogens is 6. The van der Waals surface area contributed by atoms with Crippen LogP contribution in [0.15, 0.2) is 73.4 Å². The molecule has 0 saturated carbocycles. The summed E-state index contributed by atoms with van der Waals surface area (Å²) < 4.78 is 20.3. The van der Waals surface area contributed by atoms with E-state index in [1.807, 2.05) is 49.3 Å². The lowest BCUT2D eigenvalue weighted by Gasteiger charge is -2.12. The standard InChI is InChI=1S/C28H24FN7O/c1-36(2)6-7-37-21-9-18(8-20(29)11-21)24-15-31-16-26-22(24)12-25(33-26)27-23-10-19(14-32-28(23)35-34-27)17-4-3-5-30-13-17/h3-5,8-16,33H,6-7H2,1-2H3,(H,32,34,35). The Labute approximate surface area is 212 Å². The fourth-order valence-electron chi connectivity index (χ4n) is 4.36. The molecular formula is C28H24FN7O. The molecule has 0 aliphatic heterocycles. The number of fused-ring (bicyclic) bond motifs is 2. The van der Waals surface area contributed by atoms with Crippen molar-refractivity contribution in [1.29, 1.82) is 0 Å². The summed E-state index contributed by atoms with van der Waals surface area (Å²) in [5, 5.41) is 9.34. The van der Waals surface area contributed by atoms with Gasteiger partial charge in [-0.25, -0.2) is 9.37 Å². The highest BCUT2D eigenvalue weighted by Crippen LogP contribution is 2.35. The van der Waals surface area contributed by atoms with Crippen LogP contribution in [0.2, 0.25) is 0 Å². The van der Waals surface area contributed by atoms with E-state index in [1.54, 1.807) is 31.0 Å². The number of pyridine rings is 3. The number of halogens is 1. The van der Waals surface area contributed by atoms with E-state index in [4.69, 9.17) is 4.74 Å². The van der Waals surface area contributed by atoms with Crippen molar-refractivity contribution < 1.29 is 9.13 Å². The van der Waals surface area contributed by atoms with Gasteiger partial charge in [-0.2, -0.15) is 5.10 Å². The van der Waals surface area contributed by atoms with Crippen LogP contribution in [0.25, 0.3) is 55.6 Å². The Hall–Kier alpha value is -4.63. The number of nitrogens with one attached hydrogen (secondary N) is 2. The lowest BCUT2D eigenvalue weighted by Crippen LogP contribution is -2.19. The molecule has 8 nitrogen and oxygen atoms in total. The maximum Gasteiger partial charge on any atom is 0.155 e. The molecule has 37 heavy (non-hydrogen) atoms. The van der Waals surface area contributed by atoms with E-state index in [0.717, 1.165) is 50.9 Å². The molecule has 5 heterocycles. The third kappa shape index (κ3) is 4.52. The van der Waals surface area contributed by atoms with Crippen molar-refractivity contribution in [3.05, 3.63) is 79.3 Å². The summed E-state index contributed by atoms with van der Waals surface area (Å²) in [6, 6.07) is 12.7. The molecule has 0 spiro atoms. The van der Waals surface area contributed by atoms with E-state index in [1.165, 1.54) is 12.1 Å². The van der Waals surface area contributed by atoms with E-state index in [-0.39, 0.29) is 5.82 Å². The molecular weight excluding hydrogens is 469 g/mol. The zero-order valence-electron chi connectivity index (χ0n) is 20.4. The van der Waals surface area contributed by atoms with Gasteiger partial charge in [0.1, 0.15) is 23.9 Å². The van der Waals surface area contributed by atoms with Crippen LogP contribution in [0.1, 0.15) is 0 Å². The first-order valence-electron chi connectivity index (χ1n) is 11.9. The molecule has 6 aromatic rings. The second kappa shape index (κ2) is 9.44. The van der Waals surface area contributed by atoms with Gasteiger partial charge in [0.05, 0.1) is 17.4 Å². The lowest BCUT2D eigenvalue weighted by molar-refractivity contribution is 0.260. The minimum absolute atomic E-state index is 0.364. The van der Waals surface area contributed by atoms with Gasteiger partial charge in [-0.15, -0.1) is 0 Å². The summed E-state index contributed by atoms with van der Waals surface area (Å²) >= 11 is 0. The first-order valence-corrected chi connectivity index (χ1v) is 11.9. The normalized spacial score (nSPS) is 11.6. The fourth-order valence-corrected chi connectivity index (χ4v) is 4.36. The molecule has 2 N–H and O–H groups in total. The number of H-pyrrole nitrogens is 2. The molecule has 0 aliphatic carbocycles. The Kier molecular flexibility index (Phi) is 5.82. The average Bonchev–Trinajstić information content (AvgIpc) is 3.52. The zero-order chi connectivity index (χ0) is 25.4. The number of aromatic amines is 2. The van der Waals surface area contributed by atoms with Crippen molar-refractivity contribution in [2.45, 2.75) is 0 Å². The molecule has 9 heteroatoms. The number of nitrogens with zero attached hydrogens (tertiary/aromatic N) is 5. The van der Waals surface area contributed by atoms with Gasteiger partial charge in [0.2, 0.25) is 0 Å². The minimum Gasteiger partial charge on any atom is -0.492 e. The number of hydrogen-bond acceptors (Lipinski definition) is 6. The largest absolute Gasteiger partial charge is 0.492 e. The number of hydrogen-bond donors (Lipinski definition) is 2. The zero-order valence-corrected chi connectivity index (χ0v) is 20.4. The summed E-state index contributed by atoms with van der Waals surface area (Å²) in [6.45, 7) is 1.20. The van der Waals surface area contributed by atoms with Crippen LogP contribution in [0.5, 0.6) is 5.75 Å². The van der Waals surface area contributed by atoms with Crippen LogP contribution in [0, 0.1) is 5.82 Å². The molecule has 184 valence electrons. The second-order valence-electron chi connectivity index (χ2n) is 9.09. The Bertz CT molecular complexity index is 1710. The molecule has 0 fully saturated rings. The Morgan fingerprint density at radius 2 is 1.84 bits per heavy atom. The van der Waals surface area contributed by atoms with Crippen LogP contribution in [-0.2, 0) is 0 Å². The summed E-state index contributed by atoms with van der Waals surface area (Å²) in [4.78, 5) is 18.6. The summed E-state index contributed by atoms with van der Waals surface area (Å²) in [6.07, 6.45) is 8.84. The van der Waals surface area contributed by atoms with E-state index >= 15 is 0 Å². The Balaban J connectivity index is 1.41. The highest BCUT2D eigenvalue weighted by molar-refractivity contribution is 6.00. The third-order valence-electron chi connectivity index (χ3n) is 6.20. The topological polar surface area (TPSA) is 95.6 Å². The molecule has 0 amide bonds. The van der Waals surface area contributed by atoms with Crippen molar-refractivity contribution in [3.63, 3.8) is 0 Å². The highest BCUT2D eigenvalue weighted by atomic mass is 19.1. The van der Waals surface area contributed by atoms with E-state index in [9.17, 15) is 4.39 Å². The molecule has 0 unspecified atom stereocenters. The van der Waals surface area contributed by atoms with Gasteiger partial charge in [-0.05, 0) is 50.0 Å². The van der Waals surface area contributed by atoms with Crippen molar-refractivity contribution >= 4 is 21.9 Å². The molecule has 0 atom stereocenters. The number of ether oxygens (including phenoxy) is 1. The van der Waals surface area contributed by atoms with E-state index in [0.29, 0.717) is 23.6 Å². The average molecular weight is 494 g/mol. The summed E-state index contributed by atoms with van der Waals surface area (Å²) in [5.74, 6) is 0.120. The van der Waals surface area contributed by atoms with Gasteiger partial charge in [-0.1, -0.05) is 6.07 Å². The Morgan fingerprint density at radius 3 is 2.68 bits per heavy atom. The highest BCUT2D eigenvalue weighted by Gasteiger charge is 2.16. The van der Waals surface area contributed by atoms with Gasteiger partial charge in [-0.3, -0.25) is 15.1 Å². The van der Waals surface area contributed by atoms with Crippen LogP contribution in [-0.4, -0.2) is 62.3 Å². The molecule has 0 saturated heterocycles. The number of benzene rings is 1. The molecule has 5 aromatic heterocycles. The molecule has 6 rings (SSSR count). The first kappa shape index (κ1) is 22.8.